The highest BCUT2D eigenvalue weighted by Crippen LogP contribution is 2.51. The van der Waals surface area contributed by atoms with Gasteiger partial charge in [0.2, 0.25) is 5.91 Å². The van der Waals surface area contributed by atoms with Crippen molar-refractivity contribution in [1.29, 1.82) is 0 Å². The summed E-state index contributed by atoms with van der Waals surface area (Å²) in [5, 5.41) is 3.73. The van der Waals surface area contributed by atoms with Crippen molar-refractivity contribution in [2.45, 2.75) is 18.3 Å². The van der Waals surface area contributed by atoms with Gasteiger partial charge in [-0.3, -0.25) is 4.79 Å². The van der Waals surface area contributed by atoms with Crippen LogP contribution in [0.3, 0.4) is 0 Å². The highest BCUT2D eigenvalue weighted by molar-refractivity contribution is 6.39. The van der Waals surface area contributed by atoms with E-state index in [1.165, 1.54) is 0 Å². The summed E-state index contributed by atoms with van der Waals surface area (Å²) < 4.78 is 11.2. The number of anilines is 1. The Morgan fingerprint density at radius 2 is 1.67 bits per heavy atom. The average Bonchev–Trinajstić information content (AvgIpc) is 3.40. The molecule has 6 heteroatoms. The minimum Gasteiger partial charge on any atom is -0.486 e. The number of ether oxygens (including phenoxy) is 2. The quantitative estimate of drug-likeness (QED) is 0.876. The second-order valence-electron chi connectivity index (χ2n) is 5.99. The van der Waals surface area contributed by atoms with Crippen molar-refractivity contribution in [2.24, 2.45) is 0 Å². The number of benzene rings is 2. The van der Waals surface area contributed by atoms with Gasteiger partial charge in [0.05, 0.1) is 21.1 Å². The number of para-hydroxylation sites is 1. The first kappa shape index (κ1) is 15.6. The van der Waals surface area contributed by atoms with Crippen LogP contribution in [0.4, 0.5) is 5.69 Å². The van der Waals surface area contributed by atoms with Gasteiger partial charge in [-0.05, 0) is 42.7 Å². The summed E-state index contributed by atoms with van der Waals surface area (Å²) in [5.41, 5.74) is 0.820. The molecule has 1 fully saturated rings. The van der Waals surface area contributed by atoms with Crippen LogP contribution >= 0.6 is 23.2 Å². The molecule has 0 radical (unpaired) electrons. The molecule has 1 amide bonds. The minimum atomic E-state index is -0.557. The van der Waals surface area contributed by atoms with Crippen molar-refractivity contribution >= 4 is 34.8 Å². The van der Waals surface area contributed by atoms with Crippen LogP contribution < -0.4 is 14.8 Å². The number of halogens is 2. The zero-order valence-corrected chi connectivity index (χ0v) is 14.3. The van der Waals surface area contributed by atoms with Gasteiger partial charge < -0.3 is 14.8 Å². The number of nitrogens with one attached hydrogen (secondary N) is 1. The molecule has 2 aromatic rings. The molecule has 124 valence electrons. The van der Waals surface area contributed by atoms with E-state index in [4.69, 9.17) is 32.7 Å². The van der Waals surface area contributed by atoms with Crippen molar-refractivity contribution in [3.05, 3.63) is 52.0 Å². The summed E-state index contributed by atoms with van der Waals surface area (Å²) in [6.07, 6.45) is 1.56. The van der Waals surface area contributed by atoms with Crippen LogP contribution in [0.1, 0.15) is 18.4 Å². The second-order valence-corrected chi connectivity index (χ2v) is 6.81. The number of carbonyl (C=O) groups excluding carboxylic acids is 1. The van der Waals surface area contributed by atoms with Crippen molar-refractivity contribution in [3.8, 4) is 11.5 Å². The predicted molar refractivity (Wildman–Crippen MR) is 93.4 cm³/mol. The molecule has 2 aliphatic rings. The molecular weight excluding hydrogens is 349 g/mol. The summed E-state index contributed by atoms with van der Waals surface area (Å²) in [6.45, 7) is 1.06. The van der Waals surface area contributed by atoms with Gasteiger partial charge in [0, 0.05) is 0 Å². The van der Waals surface area contributed by atoms with Crippen molar-refractivity contribution < 1.29 is 14.3 Å². The van der Waals surface area contributed by atoms with Gasteiger partial charge in [0.15, 0.2) is 11.5 Å². The number of carbonyl (C=O) groups is 1. The van der Waals surface area contributed by atoms with E-state index in [0.717, 1.165) is 24.2 Å². The summed E-state index contributed by atoms with van der Waals surface area (Å²) in [6, 6.07) is 10.8. The summed E-state index contributed by atoms with van der Waals surface area (Å²) in [4.78, 5) is 12.9. The number of fused-ring (bicyclic) bond motifs is 1. The molecular formula is C18H15Cl2NO3. The van der Waals surface area contributed by atoms with Gasteiger partial charge in [0.1, 0.15) is 13.2 Å². The molecule has 1 N–H and O–H groups in total. The molecule has 24 heavy (non-hydrogen) atoms. The van der Waals surface area contributed by atoms with Crippen LogP contribution in [-0.4, -0.2) is 19.1 Å². The Hall–Kier alpha value is -1.91. The van der Waals surface area contributed by atoms with Crippen molar-refractivity contribution in [3.63, 3.8) is 0 Å². The fraction of sp³-hybridized carbons (Fsp3) is 0.278. The van der Waals surface area contributed by atoms with E-state index >= 15 is 0 Å². The minimum absolute atomic E-state index is 0.103. The molecule has 0 bridgehead atoms. The third-order valence-electron chi connectivity index (χ3n) is 4.48. The van der Waals surface area contributed by atoms with E-state index in [1.807, 2.05) is 18.2 Å². The van der Waals surface area contributed by atoms with Gasteiger partial charge in [-0.2, -0.15) is 0 Å². The van der Waals surface area contributed by atoms with E-state index < -0.39 is 5.41 Å². The highest BCUT2D eigenvalue weighted by Gasteiger charge is 2.51. The molecule has 1 aliphatic carbocycles. The first-order valence-electron chi connectivity index (χ1n) is 7.76. The SMILES string of the molecule is O=C(Nc1c(Cl)cccc1Cl)C1(c2ccc3c(c2)OCCO3)CC1. The molecule has 0 unspecified atom stereocenters. The Kier molecular flexibility index (Phi) is 3.82. The standard InChI is InChI=1S/C18H15Cl2NO3/c19-12-2-1-3-13(20)16(12)21-17(22)18(6-7-18)11-4-5-14-15(10-11)24-9-8-23-14/h1-5,10H,6-9H2,(H,21,22). The molecule has 4 nitrogen and oxygen atoms in total. The van der Waals surface area contributed by atoms with Crippen molar-refractivity contribution in [2.75, 3.05) is 18.5 Å². The van der Waals surface area contributed by atoms with Gasteiger partial charge in [0.25, 0.3) is 0 Å². The summed E-state index contributed by atoms with van der Waals surface area (Å²) in [7, 11) is 0. The molecule has 4 rings (SSSR count). The van der Waals surface area contributed by atoms with E-state index in [2.05, 4.69) is 5.32 Å². The normalized spacial score (nSPS) is 17.2. The van der Waals surface area contributed by atoms with Gasteiger partial charge >= 0.3 is 0 Å². The summed E-state index contributed by atoms with van der Waals surface area (Å²) in [5.74, 6) is 1.30. The predicted octanol–water partition coefficient (Wildman–Crippen LogP) is 4.43. The molecule has 1 aliphatic heterocycles. The van der Waals surface area contributed by atoms with Gasteiger partial charge in [-0.25, -0.2) is 0 Å². The van der Waals surface area contributed by atoms with Crippen LogP contribution in [0.15, 0.2) is 36.4 Å². The first-order valence-corrected chi connectivity index (χ1v) is 8.51. The molecule has 1 saturated carbocycles. The molecule has 0 atom stereocenters. The fourth-order valence-electron chi connectivity index (χ4n) is 2.96. The highest BCUT2D eigenvalue weighted by atomic mass is 35.5. The maximum Gasteiger partial charge on any atom is 0.235 e. The third-order valence-corrected chi connectivity index (χ3v) is 5.11. The van der Waals surface area contributed by atoms with Crippen LogP contribution in [-0.2, 0) is 10.2 Å². The number of rotatable bonds is 3. The Morgan fingerprint density at radius 3 is 2.33 bits per heavy atom. The topological polar surface area (TPSA) is 47.6 Å². The Balaban J connectivity index is 1.62. The van der Waals surface area contributed by atoms with E-state index in [0.29, 0.717) is 34.7 Å². The lowest BCUT2D eigenvalue weighted by Gasteiger charge is -2.22. The molecule has 0 aromatic heterocycles. The van der Waals surface area contributed by atoms with Gasteiger partial charge in [-0.15, -0.1) is 0 Å². The zero-order valence-electron chi connectivity index (χ0n) is 12.8. The Labute approximate surface area is 149 Å². The first-order chi connectivity index (χ1) is 11.6. The van der Waals surface area contributed by atoms with E-state index in [9.17, 15) is 4.79 Å². The zero-order chi connectivity index (χ0) is 16.7. The average molecular weight is 364 g/mol. The number of hydrogen-bond donors (Lipinski definition) is 1. The Morgan fingerprint density at radius 1 is 1.00 bits per heavy atom. The largest absolute Gasteiger partial charge is 0.486 e. The molecule has 0 spiro atoms. The second kappa shape index (κ2) is 5.87. The molecule has 0 saturated heterocycles. The Bertz CT molecular complexity index is 798. The molecule has 2 aromatic carbocycles. The van der Waals surface area contributed by atoms with Crippen LogP contribution in [0.2, 0.25) is 10.0 Å². The monoisotopic (exact) mass is 363 g/mol. The van der Waals surface area contributed by atoms with Crippen LogP contribution in [0.25, 0.3) is 0 Å². The summed E-state index contributed by atoms with van der Waals surface area (Å²) >= 11 is 12.3. The fourth-order valence-corrected chi connectivity index (χ4v) is 3.46. The van der Waals surface area contributed by atoms with Crippen LogP contribution in [0.5, 0.6) is 11.5 Å². The lowest BCUT2D eigenvalue weighted by atomic mass is 9.94. The molecule has 1 heterocycles. The lowest BCUT2D eigenvalue weighted by Crippen LogP contribution is -2.28. The maximum atomic E-state index is 12.9. The number of hydrogen-bond acceptors (Lipinski definition) is 3. The van der Waals surface area contributed by atoms with E-state index in [-0.39, 0.29) is 5.91 Å². The third kappa shape index (κ3) is 2.60. The smallest absolute Gasteiger partial charge is 0.235 e. The lowest BCUT2D eigenvalue weighted by molar-refractivity contribution is -0.118. The van der Waals surface area contributed by atoms with E-state index in [1.54, 1.807) is 18.2 Å². The number of amides is 1. The van der Waals surface area contributed by atoms with Crippen molar-refractivity contribution in [1.82, 2.24) is 0 Å². The maximum absolute atomic E-state index is 12.9. The van der Waals surface area contributed by atoms with Gasteiger partial charge in [-0.1, -0.05) is 35.3 Å². The van der Waals surface area contributed by atoms with Crippen LogP contribution in [0, 0.1) is 0 Å².